The molecule has 0 spiro atoms. The first kappa shape index (κ1) is 39.7. The van der Waals surface area contributed by atoms with Gasteiger partial charge in [-0.15, -0.1) is 11.8 Å². The van der Waals surface area contributed by atoms with E-state index in [1.807, 2.05) is 31.0 Å². The molecule has 0 N–H and O–H groups in total. The molecule has 0 aromatic carbocycles. The van der Waals surface area contributed by atoms with Crippen molar-refractivity contribution in [3.05, 3.63) is 11.1 Å². The smallest absolute Gasteiger partial charge is 0.0409 e. The predicted octanol–water partition coefficient (Wildman–Crippen LogP) is 8.48. The van der Waals surface area contributed by atoms with Gasteiger partial charge in [0.15, 0.2) is 0 Å². The van der Waals surface area contributed by atoms with E-state index in [4.69, 9.17) is 0 Å². The third kappa shape index (κ3) is 32.2. The minimum Gasteiger partial charge on any atom is -0.309 e. The zero-order valence-electron chi connectivity index (χ0n) is 27.4. The maximum absolute atomic E-state index is 4.14. The molecule has 3 rings (SSSR count). The lowest BCUT2D eigenvalue weighted by Gasteiger charge is -2.15. The lowest BCUT2D eigenvalue weighted by molar-refractivity contribution is 0.393. The molecular formula is C32H65N5. The number of hydrogen-bond acceptors (Lipinski definition) is 5. The lowest BCUT2D eigenvalue weighted by Crippen LogP contribution is -2.11. The van der Waals surface area contributed by atoms with Crippen LogP contribution in [0.3, 0.4) is 0 Å². The molecule has 2 heterocycles. The summed E-state index contributed by atoms with van der Waals surface area (Å²) in [5.41, 5.74) is 5.72. The Bertz CT molecular complexity index is 624. The third-order valence-electron chi connectivity index (χ3n) is 5.81. The summed E-state index contributed by atoms with van der Waals surface area (Å²) >= 11 is 0. The number of hydrazone groups is 2. The molecule has 0 aromatic heterocycles. The summed E-state index contributed by atoms with van der Waals surface area (Å²) in [4.78, 5) is 2.18. The molecule has 1 aliphatic carbocycles. The molecule has 0 fully saturated rings. The van der Waals surface area contributed by atoms with Crippen molar-refractivity contribution >= 4 is 11.4 Å². The van der Waals surface area contributed by atoms with Gasteiger partial charge in [-0.2, -0.15) is 10.2 Å². The number of hydrogen-bond donors (Lipinski definition) is 0. The summed E-state index contributed by atoms with van der Waals surface area (Å²) in [6.07, 6.45) is 12.6. The summed E-state index contributed by atoms with van der Waals surface area (Å²) in [5.74, 6) is 5.77. The van der Waals surface area contributed by atoms with E-state index in [9.17, 15) is 0 Å². The fraction of sp³-hybridized carbons (Fsp3) is 0.812. The van der Waals surface area contributed by atoms with E-state index in [1.165, 1.54) is 62.9 Å². The Morgan fingerprint density at radius 1 is 0.703 bits per heavy atom. The average molecular weight is 520 g/mol. The number of unbranched alkanes of at least 4 members (excludes halogenated alkanes) is 3. The SMILES string of the molecule is CC#CCCC.CC1=C(C)CC1.CC1=NN(C)CC1.CC1=NN(C)CC1.CCCCC.CCCN(C)C. The molecule has 0 aromatic rings. The van der Waals surface area contributed by atoms with Crippen molar-refractivity contribution in [1.82, 2.24) is 14.9 Å². The topological polar surface area (TPSA) is 34.4 Å². The van der Waals surface area contributed by atoms with E-state index in [0.29, 0.717) is 0 Å². The summed E-state index contributed by atoms with van der Waals surface area (Å²) in [7, 11) is 8.17. The molecule has 5 nitrogen and oxygen atoms in total. The second-order valence-corrected chi connectivity index (χ2v) is 10.3. The fourth-order valence-electron chi connectivity index (χ4n) is 3.11. The molecule has 0 amide bonds. The Hall–Kier alpha value is -1.80. The molecule has 5 heteroatoms. The molecule has 37 heavy (non-hydrogen) atoms. The van der Waals surface area contributed by atoms with Crippen molar-refractivity contribution < 1.29 is 0 Å². The van der Waals surface area contributed by atoms with Crippen molar-refractivity contribution in [2.24, 2.45) is 10.2 Å². The average Bonchev–Trinajstić information content (AvgIpc) is 3.43. The fourth-order valence-corrected chi connectivity index (χ4v) is 3.11. The molecule has 0 unspecified atom stereocenters. The first-order valence-corrected chi connectivity index (χ1v) is 14.7. The van der Waals surface area contributed by atoms with Crippen molar-refractivity contribution in [2.75, 3.05) is 47.8 Å². The van der Waals surface area contributed by atoms with Gasteiger partial charge in [0.05, 0.1) is 0 Å². The van der Waals surface area contributed by atoms with Crippen LogP contribution in [-0.4, -0.2) is 74.2 Å². The molecule has 0 atom stereocenters. The van der Waals surface area contributed by atoms with E-state index in [0.717, 1.165) is 32.4 Å². The highest BCUT2D eigenvalue weighted by atomic mass is 15.5. The molecule has 3 aliphatic rings. The Morgan fingerprint density at radius 2 is 1.14 bits per heavy atom. The lowest BCUT2D eigenvalue weighted by atomic mass is 9.92. The molecule has 2 aliphatic heterocycles. The zero-order chi connectivity index (χ0) is 29.1. The van der Waals surface area contributed by atoms with Crippen LogP contribution in [0.4, 0.5) is 0 Å². The summed E-state index contributed by atoms with van der Waals surface area (Å²) in [6.45, 7) is 22.6. The monoisotopic (exact) mass is 520 g/mol. The maximum atomic E-state index is 4.14. The predicted molar refractivity (Wildman–Crippen MR) is 171 cm³/mol. The van der Waals surface area contributed by atoms with Crippen LogP contribution in [-0.2, 0) is 0 Å². The molecule has 218 valence electrons. The van der Waals surface area contributed by atoms with Gasteiger partial charge in [-0.1, -0.05) is 58.1 Å². The van der Waals surface area contributed by atoms with E-state index in [1.54, 1.807) is 11.1 Å². The summed E-state index contributed by atoms with van der Waals surface area (Å²) < 4.78 is 0. The minimum absolute atomic E-state index is 1.05. The quantitative estimate of drug-likeness (QED) is 0.270. The Balaban J connectivity index is -0.000000377. The van der Waals surface area contributed by atoms with E-state index >= 15 is 0 Å². The van der Waals surface area contributed by atoms with Crippen LogP contribution in [0.25, 0.3) is 0 Å². The van der Waals surface area contributed by atoms with Gasteiger partial charge in [0.25, 0.3) is 0 Å². The van der Waals surface area contributed by atoms with Gasteiger partial charge in [0, 0.05) is 57.9 Å². The Kier molecular flexibility index (Phi) is 30.9. The Morgan fingerprint density at radius 3 is 1.19 bits per heavy atom. The number of nitrogens with zero attached hydrogens (tertiary/aromatic N) is 5. The van der Waals surface area contributed by atoms with Crippen LogP contribution >= 0.6 is 0 Å². The second-order valence-electron chi connectivity index (χ2n) is 10.3. The van der Waals surface area contributed by atoms with Crippen LogP contribution in [0.15, 0.2) is 21.3 Å². The van der Waals surface area contributed by atoms with Gasteiger partial charge in [0.1, 0.15) is 0 Å². The number of rotatable bonds is 5. The van der Waals surface area contributed by atoms with Gasteiger partial charge < -0.3 is 4.90 Å². The van der Waals surface area contributed by atoms with E-state index in [2.05, 4.69) is 96.4 Å². The van der Waals surface area contributed by atoms with Crippen molar-refractivity contribution in [2.45, 2.75) is 127 Å². The molecule has 0 saturated heterocycles. The van der Waals surface area contributed by atoms with Crippen LogP contribution in [0, 0.1) is 11.8 Å². The third-order valence-corrected chi connectivity index (χ3v) is 5.81. The largest absolute Gasteiger partial charge is 0.309 e. The first-order chi connectivity index (χ1) is 17.5. The van der Waals surface area contributed by atoms with Gasteiger partial charge in [-0.25, -0.2) is 0 Å². The number of allylic oxidation sites excluding steroid dienone is 2. The standard InChI is InChI=1S/2C6H10.2C5H10N2.C5H13N.C5H12/c1-5-3-4-6(5)2;1-3-5-6-4-2;2*1-5-3-4-7(2)6-5;1-4-5-6(2)3;1-3-5-4-2/h3-4H2,1-2H3;3,5H2,1-2H3;2*3-4H2,1-2H3;4-5H2,1-3H3;3-5H2,1-2H3. The van der Waals surface area contributed by atoms with Crippen LogP contribution < -0.4 is 0 Å². The summed E-state index contributed by atoms with van der Waals surface area (Å²) in [5, 5.41) is 12.2. The molecule has 0 bridgehead atoms. The first-order valence-electron chi connectivity index (χ1n) is 14.7. The summed E-state index contributed by atoms with van der Waals surface area (Å²) in [6, 6.07) is 0. The van der Waals surface area contributed by atoms with E-state index in [-0.39, 0.29) is 0 Å². The van der Waals surface area contributed by atoms with Crippen LogP contribution in [0.1, 0.15) is 127 Å². The van der Waals surface area contributed by atoms with Crippen LogP contribution in [0.2, 0.25) is 0 Å². The van der Waals surface area contributed by atoms with Gasteiger partial charge in [-0.3, -0.25) is 10.0 Å². The molecule has 0 saturated carbocycles. The Labute approximate surface area is 233 Å². The van der Waals surface area contributed by atoms with Crippen molar-refractivity contribution in [3.8, 4) is 11.8 Å². The van der Waals surface area contributed by atoms with E-state index < -0.39 is 0 Å². The van der Waals surface area contributed by atoms with Crippen LogP contribution in [0.5, 0.6) is 0 Å². The highest BCUT2D eigenvalue weighted by molar-refractivity contribution is 5.83. The highest BCUT2D eigenvalue weighted by Gasteiger charge is 2.05. The molecule has 0 radical (unpaired) electrons. The second kappa shape index (κ2) is 28.8. The normalized spacial score (nSPS) is 14.9. The zero-order valence-corrected chi connectivity index (χ0v) is 27.4. The van der Waals surface area contributed by atoms with Crippen molar-refractivity contribution in [3.63, 3.8) is 0 Å². The molecular weight excluding hydrogens is 454 g/mol. The maximum Gasteiger partial charge on any atom is 0.0409 e. The highest BCUT2D eigenvalue weighted by Crippen LogP contribution is 2.25. The minimum atomic E-state index is 1.05. The van der Waals surface area contributed by atoms with Gasteiger partial charge in [0.2, 0.25) is 0 Å². The van der Waals surface area contributed by atoms with Gasteiger partial charge >= 0.3 is 0 Å². The van der Waals surface area contributed by atoms with Crippen molar-refractivity contribution in [1.29, 1.82) is 0 Å². The van der Waals surface area contributed by atoms with Gasteiger partial charge in [-0.05, 0) is 80.9 Å².